The predicted molar refractivity (Wildman–Crippen MR) is 88.7 cm³/mol. The Morgan fingerprint density at radius 3 is 2.61 bits per heavy atom. The van der Waals surface area contributed by atoms with Gasteiger partial charge in [-0.2, -0.15) is 0 Å². The molecule has 1 unspecified atom stereocenters. The smallest absolute Gasteiger partial charge is 0.339 e. The molecule has 1 N–H and O–H groups in total. The number of hydrogen-bond donors (Lipinski definition) is 1. The van der Waals surface area contributed by atoms with Gasteiger partial charge in [0.05, 0.1) is 5.56 Å². The molecule has 6 heteroatoms. The maximum Gasteiger partial charge on any atom is 0.339 e. The second-order valence-corrected chi connectivity index (χ2v) is 5.61. The van der Waals surface area contributed by atoms with Crippen LogP contribution in [0.4, 0.5) is 5.69 Å². The van der Waals surface area contributed by atoms with Crippen molar-refractivity contribution in [3.63, 3.8) is 0 Å². The molecule has 2 rings (SSSR count). The van der Waals surface area contributed by atoms with Crippen LogP contribution in [0.15, 0.2) is 36.5 Å². The van der Waals surface area contributed by atoms with E-state index in [4.69, 9.17) is 16.3 Å². The third-order valence-corrected chi connectivity index (χ3v) is 3.46. The van der Waals surface area contributed by atoms with E-state index in [9.17, 15) is 9.59 Å². The summed E-state index contributed by atoms with van der Waals surface area (Å²) in [7, 11) is 0. The van der Waals surface area contributed by atoms with Gasteiger partial charge in [-0.3, -0.25) is 4.79 Å². The Morgan fingerprint density at radius 1 is 1.22 bits per heavy atom. The molecule has 0 aliphatic carbocycles. The van der Waals surface area contributed by atoms with Gasteiger partial charge in [-0.1, -0.05) is 29.3 Å². The van der Waals surface area contributed by atoms with E-state index in [0.29, 0.717) is 5.69 Å². The Labute approximate surface area is 139 Å². The first-order chi connectivity index (χ1) is 10.9. The summed E-state index contributed by atoms with van der Waals surface area (Å²) >= 11 is 5.73. The number of hydrogen-bond acceptors (Lipinski definition) is 4. The van der Waals surface area contributed by atoms with E-state index < -0.39 is 18.0 Å². The highest BCUT2D eigenvalue weighted by molar-refractivity contribution is 6.29. The summed E-state index contributed by atoms with van der Waals surface area (Å²) in [5.41, 5.74) is 2.99. The third kappa shape index (κ3) is 4.53. The normalized spacial score (nSPS) is 11.7. The average molecular weight is 333 g/mol. The average Bonchev–Trinajstić information content (AvgIpc) is 2.49. The van der Waals surface area contributed by atoms with Crippen molar-refractivity contribution in [2.45, 2.75) is 26.9 Å². The molecular formula is C17H17ClN2O3. The van der Waals surface area contributed by atoms with Gasteiger partial charge in [0, 0.05) is 11.9 Å². The zero-order valence-corrected chi connectivity index (χ0v) is 13.8. The van der Waals surface area contributed by atoms with Gasteiger partial charge in [-0.05, 0) is 44.5 Å². The van der Waals surface area contributed by atoms with Gasteiger partial charge >= 0.3 is 5.97 Å². The molecule has 1 aromatic heterocycles. The zero-order chi connectivity index (χ0) is 17.0. The standard InChI is InChI=1S/C17H17ClN2O3/c1-10-4-5-14(11(2)8-10)20-16(21)12(3)23-17(22)13-6-7-19-15(18)9-13/h4-9,12H,1-3H3,(H,20,21). The molecule has 1 aromatic carbocycles. The van der Waals surface area contributed by atoms with Crippen LogP contribution in [-0.2, 0) is 9.53 Å². The Bertz CT molecular complexity index is 746. The van der Waals surface area contributed by atoms with Crippen molar-refractivity contribution >= 4 is 29.2 Å². The van der Waals surface area contributed by atoms with Gasteiger partial charge in [-0.15, -0.1) is 0 Å². The zero-order valence-electron chi connectivity index (χ0n) is 13.1. The monoisotopic (exact) mass is 332 g/mol. The molecule has 2 aromatic rings. The molecule has 0 radical (unpaired) electrons. The number of aromatic nitrogens is 1. The van der Waals surface area contributed by atoms with Crippen molar-refractivity contribution in [2.75, 3.05) is 5.32 Å². The molecule has 0 aliphatic rings. The lowest BCUT2D eigenvalue weighted by molar-refractivity contribution is -0.123. The molecule has 5 nitrogen and oxygen atoms in total. The van der Waals surface area contributed by atoms with Gasteiger partial charge < -0.3 is 10.1 Å². The Morgan fingerprint density at radius 2 is 1.96 bits per heavy atom. The number of carbonyl (C=O) groups excluding carboxylic acids is 2. The lowest BCUT2D eigenvalue weighted by Gasteiger charge is -2.15. The van der Waals surface area contributed by atoms with Crippen LogP contribution in [-0.4, -0.2) is 23.0 Å². The summed E-state index contributed by atoms with van der Waals surface area (Å²) in [5, 5.41) is 2.94. The van der Waals surface area contributed by atoms with Crippen LogP contribution in [0.3, 0.4) is 0 Å². The van der Waals surface area contributed by atoms with E-state index in [1.807, 2.05) is 32.0 Å². The van der Waals surface area contributed by atoms with Crippen molar-refractivity contribution in [1.82, 2.24) is 4.98 Å². The molecule has 0 bridgehead atoms. The molecule has 0 saturated carbocycles. The minimum atomic E-state index is -0.935. The maximum absolute atomic E-state index is 12.2. The Balaban J connectivity index is 2.01. The number of ether oxygens (including phenoxy) is 1. The molecule has 23 heavy (non-hydrogen) atoms. The van der Waals surface area contributed by atoms with Gasteiger partial charge in [0.25, 0.3) is 5.91 Å². The maximum atomic E-state index is 12.2. The van der Waals surface area contributed by atoms with Gasteiger partial charge in [0.2, 0.25) is 0 Å². The molecular weight excluding hydrogens is 316 g/mol. The van der Waals surface area contributed by atoms with Gasteiger partial charge in [0.1, 0.15) is 5.15 Å². The number of halogens is 1. The number of anilines is 1. The highest BCUT2D eigenvalue weighted by atomic mass is 35.5. The highest BCUT2D eigenvalue weighted by Gasteiger charge is 2.19. The number of aryl methyl sites for hydroxylation is 2. The summed E-state index contributed by atoms with van der Waals surface area (Å²) in [4.78, 5) is 27.9. The molecule has 0 saturated heterocycles. The molecule has 120 valence electrons. The van der Waals surface area contributed by atoms with Crippen molar-refractivity contribution in [3.8, 4) is 0 Å². The van der Waals surface area contributed by atoms with Crippen LogP contribution in [0, 0.1) is 13.8 Å². The lowest BCUT2D eigenvalue weighted by atomic mass is 10.1. The van der Waals surface area contributed by atoms with E-state index in [0.717, 1.165) is 11.1 Å². The molecule has 0 aliphatic heterocycles. The summed E-state index contributed by atoms with van der Waals surface area (Å²) in [6, 6.07) is 8.55. The van der Waals surface area contributed by atoms with Crippen LogP contribution in [0.1, 0.15) is 28.4 Å². The van der Waals surface area contributed by atoms with E-state index in [-0.39, 0.29) is 10.7 Å². The Hall–Kier alpha value is -2.40. The molecule has 0 fully saturated rings. The summed E-state index contributed by atoms with van der Waals surface area (Å²) in [5.74, 6) is -1.02. The predicted octanol–water partition coefficient (Wildman–Crippen LogP) is 3.54. The first-order valence-corrected chi connectivity index (χ1v) is 7.45. The second kappa shape index (κ2) is 7.24. The number of esters is 1. The topological polar surface area (TPSA) is 68.3 Å². The molecule has 1 atom stereocenters. The van der Waals surface area contributed by atoms with Gasteiger partial charge in [-0.25, -0.2) is 9.78 Å². The van der Waals surface area contributed by atoms with E-state index >= 15 is 0 Å². The first kappa shape index (κ1) is 17.0. The summed E-state index contributed by atoms with van der Waals surface area (Å²) in [6.07, 6.45) is 0.467. The largest absolute Gasteiger partial charge is 0.449 e. The summed E-state index contributed by atoms with van der Waals surface area (Å²) in [6.45, 7) is 5.39. The first-order valence-electron chi connectivity index (χ1n) is 7.07. The number of amides is 1. The number of benzene rings is 1. The number of rotatable bonds is 4. The SMILES string of the molecule is Cc1ccc(NC(=O)C(C)OC(=O)c2ccnc(Cl)c2)c(C)c1. The highest BCUT2D eigenvalue weighted by Crippen LogP contribution is 2.17. The van der Waals surface area contributed by atoms with Crippen LogP contribution < -0.4 is 5.32 Å². The number of pyridine rings is 1. The number of nitrogens with one attached hydrogen (secondary N) is 1. The quantitative estimate of drug-likeness (QED) is 0.687. The van der Waals surface area contributed by atoms with E-state index in [1.54, 1.807) is 0 Å². The molecule has 1 heterocycles. The third-order valence-electron chi connectivity index (χ3n) is 3.26. The van der Waals surface area contributed by atoms with Gasteiger partial charge in [0.15, 0.2) is 6.10 Å². The second-order valence-electron chi connectivity index (χ2n) is 5.22. The number of carbonyl (C=O) groups is 2. The van der Waals surface area contributed by atoms with Crippen LogP contribution in [0.5, 0.6) is 0 Å². The van der Waals surface area contributed by atoms with Crippen LogP contribution >= 0.6 is 11.6 Å². The fourth-order valence-corrected chi connectivity index (χ4v) is 2.17. The van der Waals surface area contributed by atoms with Crippen molar-refractivity contribution < 1.29 is 14.3 Å². The minimum Gasteiger partial charge on any atom is -0.449 e. The minimum absolute atomic E-state index is 0.187. The van der Waals surface area contributed by atoms with Crippen LogP contribution in [0.25, 0.3) is 0 Å². The summed E-state index contributed by atoms with van der Waals surface area (Å²) < 4.78 is 5.15. The lowest BCUT2D eigenvalue weighted by Crippen LogP contribution is -2.30. The van der Waals surface area contributed by atoms with Crippen molar-refractivity contribution in [3.05, 3.63) is 58.4 Å². The number of nitrogens with zero attached hydrogens (tertiary/aromatic N) is 1. The van der Waals surface area contributed by atoms with E-state index in [1.165, 1.54) is 25.3 Å². The van der Waals surface area contributed by atoms with Crippen LogP contribution in [0.2, 0.25) is 5.15 Å². The fraction of sp³-hybridized carbons (Fsp3) is 0.235. The fourth-order valence-electron chi connectivity index (χ4n) is 2.00. The van der Waals surface area contributed by atoms with Crippen molar-refractivity contribution in [2.24, 2.45) is 0 Å². The Kier molecular flexibility index (Phi) is 5.34. The van der Waals surface area contributed by atoms with Crippen molar-refractivity contribution in [1.29, 1.82) is 0 Å². The van der Waals surface area contributed by atoms with E-state index in [2.05, 4.69) is 10.3 Å². The molecule has 1 amide bonds. The molecule has 0 spiro atoms.